The summed E-state index contributed by atoms with van der Waals surface area (Å²) in [5.74, 6) is 0. The summed E-state index contributed by atoms with van der Waals surface area (Å²) >= 11 is 0. The summed E-state index contributed by atoms with van der Waals surface area (Å²) in [5, 5.41) is 3.32. The van der Waals surface area contributed by atoms with Gasteiger partial charge in [0.2, 0.25) is 0 Å². The van der Waals surface area contributed by atoms with Gasteiger partial charge in [-0.05, 0) is 27.2 Å². The molecule has 0 aliphatic heterocycles. The molecule has 0 radical (unpaired) electrons. The minimum Gasteiger partial charge on any atom is -0.328 e. The Morgan fingerprint density at radius 3 is 1.85 bits per heavy atom. The van der Waals surface area contributed by atoms with E-state index in [1.807, 2.05) is 20.8 Å². The molecular formula is C9H24N4. The zero-order valence-corrected chi connectivity index (χ0v) is 8.96. The second-order valence-electron chi connectivity index (χ2n) is 4.06. The van der Waals surface area contributed by atoms with Gasteiger partial charge in [0.05, 0.1) is 0 Å². The van der Waals surface area contributed by atoms with Crippen LogP contribution in [0.1, 0.15) is 27.2 Å². The topological polar surface area (TPSA) is 90.1 Å². The van der Waals surface area contributed by atoms with Gasteiger partial charge in [-0.25, -0.2) is 0 Å². The Kier molecular flexibility index (Phi) is 6.24. The van der Waals surface area contributed by atoms with E-state index in [9.17, 15) is 0 Å². The first-order valence-electron chi connectivity index (χ1n) is 4.93. The van der Waals surface area contributed by atoms with Crippen LogP contribution in [0.2, 0.25) is 0 Å². The molecule has 0 saturated carbocycles. The lowest BCUT2D eigenvalue weighted by Crippen LogP contribution is -2.49. The summed E-state index contributed by atoms with van der Waals surface area (Å²) in [6.07, 6.45) is 0.893. The minimum absolute atomic E-state index is 0.116. The Balaban J connectivity index is 3.81. The fourth-order valence-corrected chi connectivity index (χ4v) is 1.22. The summed E-state index contributed by atoms with van der Waals surface area (Å²) in [6.45, 7) is 6.74. The highest BCUT2D eigenvalue weighted by Gasteiger charge is 2.14. The van der Waals surface area contributed by atoms with Crippen molar-refractivity contribution in [2.45, 2.75) is 51.4 Å². The maximum atomic E-state index is 5.81. The van der Waals surface area contributed by atoms with E-state index in [2.05, 4.69) is 5.32 Å². The van der Waals surface area contributed by atoms with Crippen molar-refractivity contribution in [2.24, 2.45) is 17.2 Å². The molecule has 0 amide bonds. The van der Waals surface area contributed by atoms with Crippen molar-refractivity contribution in [2.75, 3.05) is 6.54 Å². The Labute approximate surface area is 81.2 Å². The van der Waals surface area contributed by atoms with E-state index >= 15 is 0 Å². The van der Waals surface area contributed by atoms with Crippen LogP contribution in [0.25, 0.3) is 0 Å². The zero-order valence-electron chi connectivity index (χ0n) is 8.96. The normalized spacial score (nSPS) is 20.8. The van der Waals surface area contributed by atoms with Gasteiger partial charge in [-0.1, -0.05) is 0 Å². The van der Waals surface area contributed by atoms with E-state index in [1.165, 1.54) is 0 Å². The average molecular weight is 188 g/mol. The highest BCUT2D eigenvalue weighted by molar-refractivity contribution is 4.79. The monoisotopic (exact) mass is 188 g/mol. The summed E-state index contributed by atoms with van der Waals surface area (Å²) in [6, 6.07) is 0.724. The number of nitrogens with one attached hydrogen (secondary N) is 1. The molecule has 4 atom stereocenters. The van der Waals surface area contributed by atoms with Crippen LogP contribution in [0.3, 0.4) is 0 Å². The lowest BCUT2D eigenvalue weighted by Gasteiger charge is -2.24. The molecule has 80 valence electrons. The molecule has 13 heavy (non-hydrogen) atoms. The molecule has 0 rings (SSSR count). The maximum absolute atomic E-state index is 5.81. The minimum atomic E-state index is 0.116. The van der Waals surface area contributed by atoms with Crippen molar-refractivity contribution >= 4 is 0 Å². The molecule has 0 heterocycles. The van der Waals surface area contributed by atoms with Gasteiger partial charge in [-0.15, -0.1) is 0 Å². The fraction of sp³-hybridized carbons (Fsp3) is 1.00. The molecule has 0 spiro atoms. The summed E-state index contributed by atoms with van der Waals surface area (Å²) in [7, 11) is 0. The average Bonchev–Trinajstić information content (AvgIpc) is 1.96. The molecule has 0 bridgehead atoms. The second-order valence-corrected chi connectivity index (χ2v) is 4.06. The van der Waals surface area contributed by atoms with E-state index in [0.29, 0.717) is 0 Å². The highest BCUT2D eigenvalue weighted by atomic mass is 15.0. The predicted octanol–water partition coefficient (Wildman–Crippen LogP) is -0.624. The van der Waals surface area contributed by atoms with Crippen LogP contribution in [-0.4, -0.2) is 30.7 Å². The van der Waals surface area contributed by atoms with Crippen molar-refractivity contribution in [1.29, 1.82) is 0 Å². The molecule has 0 aliphatic rings. The largest absolute Gasteiger partial charge is 0.328 e. The van der Waals surface area contributed by atoms with Crippen LogP contribution in [0, 0.1) is 0 Å². The molecule has 0 saturated heterocycles. The Morgan fingerprint density at radius 2 is 1.54 bits per heavy atom. The van der Waals surface area contributed by atoms with Crippen molar-refractivity contribution < 1.29 is 0 Å². The van der Waals surface area contributed by atoms with Crippen molar-refractivity contribution in [3.05, 3.63) is 0 Å². The Bertz CT molecular complexity index is 123. The molecule has 7 N–H and O–H groups in total. The van der Waals surface area contributed by atoms with E-state index in [4.69, 9.17) is 17.2 Å². The summed E-state index contributed by atoms with van der Waals surface area (Å²) in [5.41, 5.74) is 17.2. The van der Waals surface area contributed by atoms with Crippen LogP contribution in [0.4, 0.5) is 0 Å². The number of hydrogen-bond acceptors (Lipinski definition) is 4. The molecule has 4 heteroatoms. The van der Waals surface area contributed by atoms with Crippen LogP contribution in [0.15, 0.2) is 0 Å². The molecule has 0 aromatic carbocycles. The van der Waals surface area contributed by atoms with Gasteiger partial charge < -0.3 is 22.5 Å². The molecule has 0 fully saturated rings. The second kappa shape index (κ2) is 6.32. The number of hydrogen-bond donors (Lipinski definition) is 4. The summed E-state index contributed by atoms with van der Waals surface area (Å²) < 4.78 is 0. The number of rotatable bonds is 6. The molecule has 0 aromatic heterocycles. The van der Waals surface area contributed by atoms with E-state index in [0.717, 1.165) is 13.0 Å². The van der Waals surface area contributed by atoms with E-state index in [-0.39, 0.29) is 24.2 Å². The van der Waals surface area contributed by atoms with Crippen molar-refractivity contribution in [3.8, 4) is 0 Å². The van der Waals surface area contributed by atoms with Gasteiger partial charge >= 0.3 is 0 Å². The van der Waals surface area contributed by atoms with Crippen LogP contribution < -0.4 is 22.5 Å². The zero-order chi connectivity index (χ0) is 10.4. The van der Waals surface area contributed by atoms with Gasteiger partial charge in [0, 0.05) is 30.7 Å². The lowest BCUT2D eigenvalue weighted by molar-refractivity contribution is 0.391. The smallest absolute Gasteiger partial charge is 0.0231 e. The lowest BCUT2D eigenvalue weighted by atomic mass is 10.0. The first kappa shape index (κ1) is 12.8. The van der Waals surface area contributed by atoms with Crippen molar-refractivity contribution in [3.63, 3.8) is 0 Å². The highest BCUT2D eigenvalue weighted by Crippen LogP contribution is 1.99. The molecular weight excluding hydrogens is 164 g/mol. The third kappa shape index (κ3) is 6.95. The molecule has 0 aliphatic carbocycles. The number of nitrogens with two attached hydrogens (primary N) is 3. The SMILES string of the molecule is CC(N)CNC(CC(C)N)C(C)N. The summed E-state index contributed by atoms with van der Waals surface area (Å²) in [4.78, 5) is 0. The quantitative estimate of drug-likeness (QED) is 0.447. The van der Waals surface area contributed by atoms with Gasteiger partial charge in [0.15, 0.2) is 0 Å². The fourth-order valence-electron chi connectivity index (χ4n) is 1.22. The predicted molar refractivity (Wildman–Crippen MR) is 57.4 cm³/mol. The Hall–Kier alpha value is -0.160. The molecule has 4 nitrogen and oxygen atoms in total. The third-order valence-corrected chi connectivity index (χ3v) is 1.96. The van der Waals surface area contributed by atoms with Gasteiger partial charge in [-0.2, -0.15) is 0 Å². The Morgan fingerprint density at radius 1 is 1.00 bits per heavy atom. The maximum Gasteiger partial charge on any atom is 0.0231 e. The van der Waals surface area contributed by atoms with Gasteiger partial charge in [0.1, 0.15) is 0 Å². The molecule has 0 aromatic rings. The van der Waals surface area contributed by atoms with Crippen LogP contribution in [-0.2, 0) is 0 Å². The van der Waals surface area contributed by atoms with E-state index < -0.39 is 0 Å². The van der Waals surface area contributed by atoms with Crippen molar-refractivity contribution in [1.82, 2.24) is 5.32 Å². The first-order chi connectivity index (χ1) is 5.93. The van der Waals surface area contributed by atoms with Crippen LogP contribution >= 0.6 is 0 Å². The standard InChI is InChI=1S/C9H24N4/c1-6(10)4-9(8(3)12)13-5-7(2)11/h6-9,13H,4-5,10-12H2,1-3H3. The van der Waals surface area contributed by atoms with Gasteiger partial charge in [-0.3, -0.25) is 0 Å². The van der Waals surface area contributed by atoms with Crippen LogP contribution in [0.5, 0.6) is 0 Å². The first-order valence-corrected chi connectivity index (χ1v) is 4.93. The van der Waals surface area contributed by atoms with E-state index in [1.54, 1.807) is 0 Å². The molecule has 4 unspecified atom stereocenters. The third-order valence-electron chi connectivity index (χ3n) is 1.96. The van der Waals surface area contributed by atoms with Gasteiger partial charge in [0.25, 0.3) is 0 Å².